The normalized spacial score (nSPS) is 11.7. The molecule has 12 aromatic rings. The van der Waals surface area contributed by atoms with Gasteiger partial charge in [0, 0.05) is 55.3 Å². The quantitative estimate of drug-likeness (QED) is 0.169. The van der Waals surface area contributed by atoms with E-state index in [4.69, 9.17) is 8.83 Å². The van der Waals surface area contributed by atoms with Crippen molar-refractivity contribution in [2.24, 2.45) is 0 Å². The number of anilines is 3. The van der Waals surface area contributed by atoms with Crippen LogP contribution in [-0.4, -0.2) is 0 Å². The van der Waals surface area contributed by atoms with Gasteiger partial charge < -0.3 is 13.7 Å². The molecule has 0 fully saturated rings. The van der Waals surface area contributed by atoms with Crippen LogP contribution < -0.4 is 4.90 Å². The van der Waals surface area contributed by atoms with Gasteiger partial charge in [0.25, 0.3) is 0 Å². The summed E-state index contributed by atoms with van der Waals surface area (Å²) >= 11 is 0. The van der Waals surface area contributed by atoms with Crippen LogP contribution in [0.1, 0.15) is 0 Å². The summed E-state index contributed by atoms with van der Waals surface area (Å²) in [6.45, 7) is 0. The predicted octanol–water partition coefficient (Wildman–Crippen LogP) is 16.3. The monoisotopic (exact) mass is 753 g/mol. The first-order valence-electron chi connectivity index (χ1n) is 20.1. The number of hydrogen-bond acceptors (Lipinski definition) is 3. The van der Waals surface area contributed by atoms with Gasteiger partial charge >= 0.3 is 0 Å². The first-order valence-corrected chi connectivity index (χ1v) is 20.1. The second-order valence-corrected chi connectivity index (χ2v) is 15.2. The predicted molar refractivity (Wildman–Crippen MR) is 247 cm³/mol. The Kier molecular flexibility index (Phi) is 7.54. The number of benzene rings is 10. The van der Waals surface area contributed by atoms with E-state index < -0.39 is 0 Å². The van der Waals surface area contributed by atoms with Crippen molar-refractivity contribution in [3.05, 3.63) is 212 Å². The first kappa shape index (κ1) is 33.3. The molecule has 0 N–H and O–H groups in total. The Hall–Kier alpha value is -7.88. The fraction of sp³-hybridized carbons (Fsp3) is 0. The minimum atomic E-state index is 0.857. The molecule has 10 aromatic carbocycles. The lowest BCUT2D eigenvalue weighted by Gasteiger charge is -2.27. The van der Waals surface area contributed by atoms with E-state index in [1.54, 1.807) is 0 Å². The first-order chi connectivity index (χ1) is 29.3. The molecule has 0 amide bonds. The molecule has 276 valence electrons. The smallest absolute Gasteiger partial charge is 0.143 e. The third-order valence-electron chi connectivity index (χ3n) is 11.9. The largest absolute Gasteiger partial charge is 0.456 e. The molecule has 59 heavy (non-hydrogen) atoms. The third-order valence-corrected chi connectivity index (χ3v) is 11.9. The maximum Gasteiger partial charge on any atom is 0.143 e. The van der Waals surface area contributed by atoms with E-state index >= 15 is 0 Å². The second kappa shape index (κ2) is 13.4. The lowest BCUT2D eigenvalue weighted by atomic mass is 9.95. The molecule has 0 radical (unpaired) electrons. The summed E-state index contributed by atoms with van der Waals surface area (Å²) in [7, 11) is 0. The zero-order chi connectivity index (χ0) is 38.9. The molecule has 3 heteroatoms. The van der Waals surface area contributed by atoms with Crippen LogP contribution in [0.4, 0.5) is 17.1 Å². The highest BCUT2D eigenvalue weighted by Gasteiger charge is 2.21. The maximum absolute atomic E-state index is 6.90. The summed E-state index contributed by atoms with van der Waals surface area (Å²) in [5.74, 6) is 0. The second-order valence-electron chi connectivity index (χ2n) is 15.2. The fourth-order valence-electron chi connectivity index (χ4n) is 9.12. The summed E-state index contributed by atoms with van der Waals surface area (Å²) in [6.07, 6.45) is 0. The van der Waals surface area contributed by atoms with Crippen molar-refractivity contribution in [3.8, 4) is 33.4 Å². The van der Waals surface area contributed by atoms with E-state index in [1.165, 1.54) is 33.0 Å². The zero-order valence-corrected chi connectivity index (χ0v) is 32.0. The van der Waals surface area contributed by atoms with Crippen molar-refractivity contribution < 1.29 is 8.83 Å². The van der Waals surface area contributed by atoms with Gasteiger partial charge in [-0.3, -0.25) is 0 Å². The average molecular weight is 754 g/mol. The van der Waals surface area contributed by atoms with Crippen LogP contribution in [0.5, 0.6) is 0 Å². The highest BCUT2D eigenvalue weighted by molar-refractivity contribution is 6.21. The van der Waals surface area contributed by atoms with Crippen LogP contribution in [-0.2, 0) is 0 Å². The molecule has 0 saturated heterocycles. The zero-order valence-electron chi connectivity index (χ0n) is 32.0. The maximum atomic E-state index is 6.90. The van der Waals surface area contributed by atoms with Crippen molar-refractivity contribution in [1.29, 1.82) is 0 Å². The Morgan fingerprint density at radius 1 is 0.271 bits per heavy atom. The summed E-state index contributed by atoms with van der Waals surface area (Å²) in [4.78, 5) is 2.35. The highest BCUT2D eigenvalue weighted by atomic mass is 16.3. The van der Waals surface area contributed by atoms with Gasteiger partial charge in [0.05, 0.1) is 5.69 Å². The van der Waals surface area contributed by atoms with E-state index in [2.05, 4.69) is 205 Å². The molecule has 0 bridgehead atoms. The van der Waals surface area contributed by atoms with E-state index in [0.29, 0.717) is 0 Å². The van der Waals surface area contributed by atoms with Gasteiger partial charge in [0.2, 0.25) is 0 Å². The third kappa shape index (κ3) is 5.36. The molecule has 2 aromatic heterocycles. The Morgan fingerprint density at radius 3 is 1.59 bits per heavy atom. The minimum Gasteiger partial charge on any atom is -0.456 e. The van der Waals surface area contributed by atoms with E-state index in [9.17, 15) is 0 Å². The summed E-state index contributed by atoms with van der Waals surface area (Å²) < 4.78 is 13.3. The molecular formula is C56H35NO2. The van der Waals surface area contributed by atoms with Crippen molar-refractivity contribution in [1.82, 2.24) is 0 Å². The topological polar surface area (TPSA) is 29.5 Å². The summed E-state index contributed by atoms with van der Waals surface area (Å²) in [6, 6.07) is 75.6. The molecule has 0 spiro atoms. The van der Waals surface area contributed by atoms with Gasteiger partial charge in [-0.15, -0.1) is 0 Å². The van der Waals surface area contributed by atoms with E-state index in [1.807, 2.05) is 12.1 Å². The van der Waals surface area contributed by atoms with Crippen molar-refractivity contribution in [2.45, 2.75) is 0 Å². The van der Waals surface area contributed by atoms with Crippen molar-refractivity contribution >= 4 is 82.5 Å². The lowest BCUT2D eigenvalue weighted by molar-refractivity contribution is 0.669. The highest BCUT2D eigenvalue weighted by Crippen LogP contribution is 2.46. The van der Waals surface area contributed by atoms with Crippen molar-refractivity contribution in [2.75, 3.05) is 4.90 Å². The Morgan fingerprint density at radius 2 is 0.831 bits per heavy atom. The van der Waals surface area contributed by atoms with Crippen molar-refractivity contribution in [3.63, 3.8) is 0 Å². The number of furan rings is 2. The van der Waals surface area contributed by atoms with Gasteiger partial charge in [0.1, 0.15) is 22.3 Å². The van der Waals surface area contributed by atoms with Gasteiger partial charge in [-0.05, 0) is 81.1 Å². The molecule has 0 aliphatic heterocycles. The number of hydrogen-bond donors (Lipinski definition) is 0. The fourth-order valence-corrected chi connectivity index (χ4v) is 9.12. The van der Waals surface area contributed by atoms with Gasteiger partial charge in [-0.25, -0.2) is 0 Å². The molecule has 3 nitrogen and oxygen atoms in total. The van der Waals surface area contributed by atoms with E-state index in [0.717, 1.165) is 82.8 Å². The van der Waals surface area contributed by atoms with E-state index in [-0.39, 0.29) is 0 Å². The average Bonchev–Trinajstić information content (AvgIpc) is 3.88. The molecule has 2 heterocycles. The molecule has 0 atom stereocenters. The van der Waals surface area contributed by atoms with Gasteiger partial charge in [0.15, 0.2) is 0 Å². The molecule has 0 unspecified atom stereocenters. The Balaban J connectivity index is 1.03. The van der Waals surface area contributed by atoms with Gasteiger partial charge in [-0.2, -0.15) is 0 Å². The summed E-state index contributed by atoms with van der Waals surface area (Å²) in [5, 5.41) is 9.10. The standard InChI is InChI=1S/C56H35NO2/c1-3-14-36(15-4-1)41-32-33-52(45-20-9-7-18-43(41)45)57(40-30-31-47-46-21-11-12-25-53(46)58-54(47)34-40)39-28-26-38(27-29-39)42-23-13-24-49-51-35-50(37-16-5-2-6-17-37)44-19-8-10-22-48(44)56(51)59-55(42)49/h1-35H. The number of fused-ring (bicyclic) bond motifs is 9. The van der Waals surface area contributed by atoms with Crippen LogP contribution in [0.15, 0.2) is 221 Å². The molecule has 0 saturated carbocycles. The molecule has 12 rings (SSSR count). The Bertz CT molecular complexity index is 3540. The van der Waals surface area contributed by atoms with Crippen LogP contribution >= 0.6 is 0 Å². The number of rotatable bonds is 6. The van der Waals surface area contributed by atoms with Gasteiger partial charge in [-0.1, -0.05) is 164 Å². The van der Waals surface area contributed by atoms with Crippen LogP contribution in [0.3, 0.4) is 0 Å². The molecule has 0 aliphatic rings. The van der Waals surface area contributed by atoms with Crippen LogP contribution in [0, 0.1) is 0 Å². The molecule has 0 aliphatic carbocycles. The summed E-state index contributed by atoms with van der Waals surface area (Å²) in [5.41, 5.74) is 13.6. The number of nitrogens with zero attached hydrogens (tertiary/aromatic N) is 1. The van der Waals surface area contributed by atoms with Crippen LogP contribution in [0.25, 0.3) is 98.8 Å². The SMILES string of the molecule is c1ccc(-c2ccc(N(c3ccc(-c4cccc5c4oc4c6ccccc6c(-c6ccccc6)cc54)cc3)c3ccc4c(c3)oc3ccccc34)c3ccccc23)cc1. The minimum absolute atomic E-state index is 0.857. The lowest BCUT2D eigenvalue weighted by Crippen LogP contribution is -2.10. The van der Waals surface area contributed by atoms with Crippen LogP contribution in [0.2, 0.25) is 0 Å². The Labute approximate surface area is 340 Å². The molecular weight excluding hydrogens is 719 g/mol. The number of para-hydroxylation sites is 2.